The molecule has 0 aromatic rings. The second-order valence-electron chi connectivity index (χ2n) is 3.84. The van der Waals surface area contributed by atoms with Gasteiger partial charge < -0.3 is 10.2 Å². The Labute approximate surface area is 90.6 Å². The predicted molar refractivity (Wildman–Crippen MR) is 61.7 cm³/mol. The number of nitrogens with one attached hydrogen (secondary N) is 1. The molecule has 0 unspecified atom stereocenters. The van der Waals surface area contributed by atoms with Gasteiger partial charge in [0.15, 0.2) is 0 Å². The molecule has 1 aliphatic heterocycles. The van der Waals surface area contributed by atoms with E-state index in [4.69, 9.17) is 0 Å². The molecule has 4 heteroatoms. The lowest BCUT2D eigenvalue weighted by atomic mass is 10.4. The molecule has 1 rings (SSSR count). The average molecular weight is 216 g/mol. The van der Waals surface area contributed by atoms with Crippen LogP contribution in [0, 0.1) is 0 Å². The SMILES string of the molecule is CC(C)SCC(=O)N1CCCNCC1. The maximum Gasteiger partial charge on any atom is 0.232 e. The number of rotatable bonds is 3. The van der Waals surface area contributed by atoms with Crippen LogP contribution in [0.2, 0.25) is 0 Å². The first-order chi connectivity index (χ1) is 6.70. The molecule has 1 amide bonds. The van der Waals surface area contributed by atoms with Crippen LogP contribution in [0.15, 0.2) is 0 Å². The second-order valence-corrected chi connectivity index (χ2v) is 5.41. The highest BCUT2D eigenvalue weighted by Gasteiger charge is 2.15. The fourth-order valence-electron chi connectivity index (χ4n) is 1.42. The summed E-state index contributed by atoms with van der Waals surface area (Å²) in [5, 5.41) is 3.84. The zero-order valence-electron chi connectivity index (χ0n) is 9.08. The zero-order chi connectivity index (χ0) is 10.4. The second kappa shape index (κ2) is 6.30. The largest absolute Gasteiger partial charge is 0.341 e. The Hall–Kier alpha value is -0.220. The van der Waals surface area contributed by atoms with Crippen LogP contribution in [0.1, 0.15) is 20.3 Å². The highest BCUT2D eigenvalue weighted by atomic mass is 32.2. The van der Waals surface area contributed by atoms with Crippen molar-refractivity contribution in [3.63, 3.8) is 0 Å². The smallest absolute Gasteiger partial charge is 0.232 e. The number of hydrogen-bond acceptors (Lipinski definition) is 3. The first kappa shape index (κ1) is 11.9. The summed E-state index contributed by atoms with van der Waals surface area (Å²) >= 11 is 1.73. The topological polar surface area (TPSA) is 32.3 Å². The molecule has 0 bridgehead atoms. The third-order valence-corrected chi connectivity index (χ3v) is 3.31. The highest BCUT2D eigenvalue weighted by Crippen LogP contribution is 2.10. The minimum Gasteiger partial charge on any atom is -0.341 e. The third-order valence-electron chi connectivity index (χ3n) is 2.23. The molecule has 0 atom stereocenters. The molecule has 0 spiro atoms. The molecule has 3 nitrogen and oxygen atoms in total. The monoisotopic (exact) mass is 216 g/mol. The first-order valence-corrected chi connectivity index (χ1v) is 6.35. The van der Waals surface area contributed by atoms with E-state index in [0.717, 1.165) is 32.6 Å². The van der Waals surface area contributed by atoms with E-state index >= 15 is 0 Å². The number of amides is 1. The van der Waals surface area contributed by atoms with Crippen molar-refractivity contribution in [2.75, 3.05) is 31.9 Å². The summed E-state index contributed by atoms with van der Waals surface area (Å²) in [7, 11) is 0. The molecular formula is C10H20N2OS. The zero-order valence-corrected chi connectivity index (χ0v) is 9.90. The van der Waals surface area contributed by atoms with Crippen LogP contribution in [0.25, 0.3) is 0 Å². The minimum absolute atomic E-state index is 0.299. The van der Waals surface area contributed by atoms with Crippen LogP contribution in [-0.2, 0) is 4.79 Å². The Morgan fingerprint density at radius 2 is 2.21 bits per heavy atom. The van der Waals surface area contributed by atoms with Crippen LogP contribution in [0.3, 0.4) is 0 Å². The van der Waals surface area contributed by atoms with Crippen LogP contribution < -0.4 is 5.32 Å². The van der Waals surface area contributed by atoms with Crippen LogP contribution in [-0.4, -0.2) is 48.0 Å². The molecule has 1 fully saturated rings. The van der Waals surface area contributed by atoms with E-state index in [9.17, 15) is 4.79 Å². The fraction of sp³-hybridized carbons (Fsp3) is 0.900. The lowest BCUT2D eigenvalue weighted by Crippen LogP contribution is -2.35. The Kier molecular flexibility index (Phi) is 5.33. The van der Waals surface area contributed by atoms with E-state index in [2.05, 4.69) is 19.2 Å². The Bertz CT molecular complexity index is 177. The van der Waals surface area contributed by atoms with Gasteiger partial charge in [0.1, 0.15) is 0 Å². The van der Waals surface area contributed by atoms with Gasteiger partial charge in [-0.15, -0.1) is 11.8 Å². The summed E-state index contributed by atoms with van der Waals surface area (Å²) in [6, 6.07) is 0. The van der Waals surface area contributed by atoms with Crippen molar-refractivity contribution >= 4 is 17.7 Å². The molecular weight excluding hydrogens is 196 g/mol. The number of thioether (sulfide) groups is 1. The number of hydrogen-bond donors (Lipinski definition) is 1. The van der Waals surface area contributed by atoms with Gasteiger partial charge >= 0.3 is 0 Å². The molecule has 1 heterocycles. The molecule has 0 aliphatic carbocycles. The van der Waals surface area contributed by atoms with Gasteiger partial charge in [0.05, 0.1) is 5.75 Å². The summed E-state index contributed by atoms with van der Waals surface area (Å²) in [5.74, 6) is 0.935. The van der Waals surface area contributed by atoms with Crippen molar-refractivity contribution in [1.29, 1.82) is 0 Å². The molecule has 0 aromatic carbocycles. The van der Waals surface area contributed by atoms with Crippen LogP contribution in [0.5, 0.6) is 0 Å². The van der Waals surface area contributed by atoms with Gasteiger partial charge in [-0.2, -0.15) is 0 Å². The van der Waals surface area contributed by atoms with Gasteiger partial charge in [-0.3, -0.25) is 4.79 Å². The van der Waals surface area contributed by atoms with Gasteiger partial charge in [0, 0.05) is 19.6 Å². The molecule has 82 valence electrons. The van der Waals surface area contributed by atoms with Crippen molar-refractivity contribution in [3.05, 3.63) is 0 Å². The quantitative estimate of drug-likeness (QED) is 0.762. The van der Waals surface area contributed by atoms with E-state index in [-0.39, 0.29) is 0 Å². The van der Waals surface area contributed by atoms with Gasteiger partial charge in [0.2, 0.25) is 5.91 Å². The lowest BCUT2D eigenvalue weighted by Gasteiger charge is -2.20. The maximum atomic E-state index is 11.7. The minimum atomic E-state index is 0.299. The van der Waals surface area contributed by atoms with Gasteiger partial charge in [0.25, 0.3) is 0 Å². The van der Waals surface area contributed by atoms with Crippen LogP contribution in [0.4, 0.5) is 0 Å². The summed E-state index contributed by atoms with van der Waals surface area (Å²) in [5.41, 5.74) is 0. The molecule has 1 aliphatic rings. The van der Waals surface area contributed by atoms with E-state index in [1.807, 2.05) is 4.90 Å². The molecule has 0 saturated carbocycles. The van der Waals surface area contributed by atoms with E-state index < -0.39 is 0 Å². The number of carbonyl (C=O) groups excluding carboxylic acids is 1. The Balaban J connectivity index is 2.27. The van der Waals surface area contributed by atoms with Crippen molar-refractivity contribution in [2.24, 2.45) is 0 Å². The standard InChI is InChI=1S/C10H20N2OS/c1-9(2)14-8-10(13)12-6-3-4-11-5-7-12/h9,11H,3-8H2,1-2H3. The predicted octanol–water partition coefficient (Wildman–Crippen LogP) is 0.950. The summed E-state index contributed by atoms with van der Waals surface area (Å²) in [6.45, 7) is 8.03. The first-order valence-electron chi connectivity index (χ1n) is 5.30. The average Bonchev–Trinajstić information content (AvgIpc) is 2.42. The van der Waals surface area contributed by atoms with E-state index in [1.54, 1.807) is 11.8 Å². The summed E-state index contributed by atoms with van der Waals surface area (Å²) in [6.07, 6.45) is 1.08. The molecule has 0 radical (unpaired) electrons. The van der Waals surface area contributed by atoms with Crippen molar-refractivity contribution in [1.82, 2.24) is 10.2 Å². The molecule has 14 heavy (non-hydrogen) atoms. The summed E-state index contributed by atoms with van der Waals surface area (Å²) in [4.78, 5) is 13.7. The lowest BCUT2D eigenvalue weighted by molar-refractivity contribution is -0.128. The van der Waals surface area contributed by atoms with Crippen molar-refractivity contribution in [3.8, 4) is 0 Å². The normalized spacial score (nSPS) is 18.4. The van der Waals surface area contributed by atoms with Crippen molar-refractivity contribution < 1.29 is 4.79 Å². The fourth-order valence-corrected chi connectivity index (χ4v) is 2.08. The molecule has 1 saturated heterocycles. The number of carbonyl (C=O) groups is 1. The van der Waals surface area contributed by atoms with Crippen LogP contribution >= 0.6 is 11.8 Å². The van der Waals surface area contributed by atoms with E-state index in [1.165, 1.54) is 0 Å². The van der Waals surface area contributed by atoms with Crippen molar-refractivity contribution in [2.45, 2.75) is 25.5 Å². The molecule has 1 N–H and O–H groups in total. The van der Waals surface area contributed by atoms with E-state index in [0.29, 0.717) is 16.9 Å². The van der Waals surface area contributed by atoms with Gasteiger partial charge in [-0.1, -0.05) is 13.8 Å². The summed E-state index contributed by atoms with van der Waals surface area (Å²) < 4.78 is 0. The molecule has 0 aromatic heterocycles. The van der Waals surface area contributed by atoms with Gasteiger partial charge in [-0.25, -0.2) is 0 Å². The Morgan fingerprint density at radius 1 is 1.43 bits per heavy atom. The maximum absolute atomic E-state index is 11.7. The van der Waals surface area contributed by atoms with Gasteiger partial charge in [-0.05, 0) is 18.2 Å². The number of nitrogens with zero attached hydrogens (tertiary/aromatic N) is 1. The third kappa shape index (κ3) is 4.33. The highest BCUT2D eigenvalue weighted by molar-refractivity contribution is 8.00. The Morgan fingerprint density at radius 3 is 2.93 bits per heavy atom.